The molecule has 94 valence electrons. The Bertz CT molecular complexity index is 472. The Kier molecular flexibility index (Phi) is 4.43. The Labute approximate surface area is 105 Å². The molecule has 0 saturated carbocycles. The Hall–Kier alpha value is -2.36. The molecule has 1 aromatic rings. The molecule has 0 fully saturated rings. The summed E-state index contributed by atoms with van der Waals surface area (Å²) in [5, 5.41) is 19.1. The van der Waals surface area contributed by atoms with Crippen molar-refractivity contribution in [1.82, 2.24) is 0 Å². The second kappa shape index (κ2) is 5.82. The number of hydrogen-bond donors (Lipinski definition) is 2. The SMILES string of the molecule is CC(=O)/C=C(\O)c1ccc(/C(O)=C/C(C)=O)cc1. The van der Waals surface area contributed by atoms with Crippen LogP contribution in [0.4, 0.5) is 0 Å². The van der Waals surface area contributed by atoms with E-state index in [0.717, 1.165) is 12.2 Å². The van der Waals surface area contributed by atoms with Gasteiger partial charge in [-0.15, -0.1) is 0 Å². The molecule has 4 heteroatoms. The van der Waals surface area contributed by atoms with E-state index in [1.54, 1.807) is 24.3 Å². The fraction of sp³-hybridized carbons (Fsp3) is 0.143. The highest BCUT2D eigenvalue weighted by Crippen LogP contribution is 2.16. The normalized spacial score (nSPS) is 12.3. The lowest BCUT2D eigenvalue weighted by atomic mass is 10.1. The molecule has 0 aliphatic carbocycles. The van der Waals surface area contributed by atoms with Crippen LogP contribution in [0.25, 0.3) is 11.5 Å². The molecule has 2 N–H and O–H groups in total. The first kappa shape index (κ1) is 13.7. The van der Waals surface area contributed by atoms with E-state index in [2.05, 4.69) is 0 Å². The van der Waals surface area contributed by atoms with Crippen LogP contribution in [-0.2, 0) is 9.59 Å². The Morgan fingerprint density at radius 1 is 0.833 bits per heavy atom. The summed E-state index contributed by atoms with van der Waals surface area (Å²) in [7, 11) is 0. The zero-order valence-corrected chi connectivity index (χ0v) is 10.2. The first-order valence-electron chi connectivity index (χ1n) is 5.33. The van der Waals surface area contributed by atoms with Crippen molar-refractivity contribution in [2.75, 3.05) is 0 Å². The largest absolute Gasteiger partial charge is 0.507 e. The van der Waals surface area contributed by atoms with Gasteiger partial charge in [-0.25, -0.2) is 0 Å². The maximum Gasteiger partial charge on any atom is 0.156 e. The molecule has 0 aliphatic heterocycles. The van der Waals surface area contributed by atoms with E-state index in [1.807, 2.05) is 0 Å². The van der Waals surface area contributed by atoms with Gasteiger partial charge in [-0.1, -0.05) is 24.3 Å². The van der Waals surface area contributed by atoms with E-state index < -0.39 is 0 Å². The van der Waals surface area contributed by atoms with E-state index in [9.17, 15) is 19.8 Å². The third-order valence-electron chi connectivity index (χ3n) is 2.16. The van der Waals surface area contributed by atoms with Crippen LogP contribution in [0.1, 0.15) is 25.0 Å². The van der Waals surface area contributed by atoms with Crippen LogP contribution >= 0.6 is 0 Å². The summed E-state index contributed by atoms with van der Waals surface area (Å²) in [5.41, 5.74) is 0.925. The molecule has 0 unspecified atom stereocenters. The number of aliphatic hydroxyl groups excluding tert-OH is 2. The third-order valence-corrected chi connectivity index (χ3v) is 2.16. The molecule has 0 heterocycles. The van der Waals surface area contributed by atoms with Gasteiger partial charge in [0.2, 0.25) is 0 Å². The summed E-state index contributed by atoms with van der Waals surface area (Å²) in [6, 6.07) is 6.20. The van der Waals surface area contributed by atoms with E-state index >= 15 is 0 Å². The second-order valence-electron chi connectivity index (χ2n) is 3.86. The number of carbonyl (C=O) groups excluding carboxylic acids is 2. The predicted octanol–water partition coefficient (Wildman–Crippen LogP) is 2.66. The minimum Gasteiger partial charge on any atom is -0.507 e. The van der Waals surface area contributed by atoms with Crippen molar-refractivity contribution < 1.29 is 19.8 Å². The summed E-state index contributed by atoms with van der Waals surface area (Å²) in [6.07, 6.45) is 2.22. The summed E-state index contributed by atoms with van der Waals surface area (Å²) in [4.78, 5) is 21.6. The minimum absolute atomic E-state index is 0.135. The molecule has 1 aromatic carbocycles. The van der Waals surface area contributed by atoms with Gasteiger partial charge in [0.05, 0.1) is 0 Å². The molecule has 0 aliphatic rings. The van der Waals surface area contributed by atoms with Crippen LogP contribution in [0.15, 0.2) is 36.4 Å². The van der Waals surface area contributed by atoms with Crippen molar-refractivity contribution in [2.24, 2.45) is 0 Å². The van der Waals surface area contributed by atoms with Crippen LogP contribution in [0.5, 0.6) is 0 Å². The van der Waals surface area contributed by atoms with Crippen molar-refractivity contribution in [2.45, 2.75) is 13.8 Å². The van der Waals surface area contributed by atoms with Gasteiger partial charge in [0.1, 0.15) is 11.5 Å². The van der Waals surface area contributed by atoms with E-state index in [1.165, 1.54) is 13.8 Å². The van der Waals surface area contributed by atoms with Crippen LogP contribution < -0.4 is 0 Å². The Morgan fingerprint density at radius 3 is 1.33 bits per heavy atom. The maximum absolute atomic E-state index is 10.8. The number of rotatable bonds is 4. The van der Waals surface area contributed by atoms with Crippen molar-refractivity contribution in [3.05, 3.63) is 47.5 Å². The second-order valence-corrected chi connectivity index (χ2v) is 3.86. The highest BCUT2D eigenvalue weighted by molar-refractivity contribution is 5.94. The van der Waals surface area contributed by atoms with Gasteiger partial charge in [-0.2, -0.15) is 0 Å². The summed E-state index contributed by atoms with van der Waals surface area (Å²) in [6.45, 7) is 2.68. The highest BCUT2D eigenvalue weighted by atomic mass is 16.3. The standard InChI is InChI=1S/C14H14O4/c1-9(15)7-13(17)11-3-5-12(6-4-11)14(18)8-10(2)16/h3-8,17-18H,1-2H3/b13-7-,14-8-. The molecular weight excluding hydrogens is 232 g/mol. The zero-order valence-electron chi connectivity index (χ0n) is 10.2. The lowest BCUT2D eigenvalue weighted by molar-refractivity contribution is -0.113. The average molecular weight is 246 g/mol. The lowest BCUT2D eigenvalue weighted by Gasteiger charge is -2.03. The Balaban J connectivity index is 3.00. The van der Waals surface area contributed by atoms with Gasteiger partial charge < -0.3 is 10.2 Å². The molecule has 0 amide bonds. The zero-order chi connectivity index (χ0) is 13.7. The number of ketones is 2. The third kappa shape index (κ3) is 3.90. The molecule has 0 saturated heterocycles. The van der Waals surface area contributed by atoms with Gasteiger partial charge in [0, 0.05) is 23.3 Å². The van der Waals surface area contributed by atoms with Crippen LogP contribution in [-0.4, -0.2) is 21.8 Å². The maximum atomic E-state index is 10.8. The van der Waals surface area contributed by atoms with E-state index in [4.69, 9.17) is 0 Å². The number of aliphatic hydroxyl groups is 2. The quantitative estimate of drug-likeness (QED) is 0.632. The van der Waals surface area contributed by atoms with Gasteiger partial charge in [-0.05, 0) is 13.8 Å². The van der Waals surface area contributed by atoms with Crippen molar-refractivity contribution >= 4 is 23.1 Å². The first-order chi connectivity index (χ1) is 8.40. The lowest BCUT2D eigenvalue weighted by Crippen LogP contribution is -1.91. The monoisotopic (exact) mass is 246 g/mol. The fourth-order valence-corrected chi connectivity index (χ4v) is 1.36. The van der Waals surface area contributed by atoms with Crippen molar-refractivity contribution in [1.29, 1.82) is 0 Å². The molecular formula is C14H14O4. The van der Waals surface area contributed by atoms with E-state index in [0.29, 0.717) is 11.1 Å². The molecule has 1 rings (SSSR count). The molecule has 0 aromatic heterocycles. The summed E-state index contributed by atoms with van der Waals surface area (Å²) in [5.74, 6) is -0.778. The van der Waals surface area contributed by atoms with Crippen LogP contribution in [0.3, 0.4) is 0 Å². The molecule has 0 atom stereocenters. The minimum atomic E-state index is -0.254. The van der Waals surface area contributed by atoms with Gasteiger partial charge >= 0.3 is 0 Å². The van der Waals surface area contributed by atoms with Gasteiger partial charge in [0.15, 0.2) is 11.6 Å². The summed E-state index contributed by atoms with van der Waals surface area (Å²) >= 11 is 0. The molecule has 18 heavy (non-hydrogen) atoms. The van der Waals surface area contributed by atoms with Crippen LogP contribution in [0.2, 0.25) is 0 Å². The first-order valence-corrected chi connectivity index (χ1v) is 5.33. The molecule has 0 radical (unpaired) electrons. The molecule has 0 spiro atoms. The Morgan fingerprint density at radius 2 is 1.11 bits per heavy atom. The predicted molar refractivity (Wildman–Crippen MR) is 69.0 cm³/mol. The van der Waals surface area contributed by atoms with Gasteiger partial charge in [0.25, 0.3) is 0 Å². The average Bonchev–Trinajstić information content (AvgIpc) is 2.27. The number of allylic oxidation sites excluding steroid dienone is 2. The topological polar surface area (TPSA) is 74.6 Å². The van der Waals surface area contributed by atoms with Gasteiger partial charge in [-0.3, -0.25) is 9.59 Å². The smallest absolute Gasteiger partial charge is 0.156 e. The number of benzene rings is 1. The molecule has 0 bridgehead atoms. The molecule has 4 nitrogen and oxygen atoms in total. The van der Waals surface area contributed by atoms with Crippen molar-refractivity contribution in [3.8, 4) is 0 Å². The summed E-state index contributed by atoms with van der Waals surface area (Å²) < 4.78 is 0. The van der Waals surface area contributed by atoms with Crippen molar-refractivity contribution in [3.63, 3.8) is 0 Å². The number of hydrogen-bond acceptors (Lipinski definition) is 4. The fourth-order valence-electron chi connectivity index (χ4n) is 1.36. The van der Waals surface area contributed by atoms with Crippen LogP contribution in [0, 0.1) is 0 Å². The highest BCUT2D eigenvalue weighted by Gasteiger charge is 2.03. The number of carbonyl (C=O) groups is 2. The van der Waals surface area contributed by atoms with E-state index in [-0.39, 0.29) is 23.1 Å².